The van der Waals surface area contributed by atoms with Crippen LogP contribution in [0.5, 0.6) is 0 Å². The van der Waals surface area contributed by atoms with Gasteiger partial charge in [-0.2, -0.15) is 5.10 Å². The molecule has 1 fully saturated rings. The van der Waals surface area contributed by atoms with Gasteiger partial charge in [-0.1, -0.05) is 32.9 Å². The summed E-state index contributed by atoms with van der Waals surface area (Å²) in [4.78, 5) is 12.4. The number of benzene rings is 1. The molecule has 2 aliphatic rings. The van der Waals surface area contributed by atoms with E-state index in [-0.39, 0.29) is 11.4 Å². The Hall–Kier alpha value is -2.10. The number of esters is 1. The van der Waals surface area contributed by atoms with E-state index in [1.165, 1.54) is 24.1 Å². The van der Waals surface area contributed by atoms with Gasteiger partial charge in [0.05, 0.1) is 18.0 Å². The first kappa shape index (κ1) is 16.4. The van der Waals surface area contributed by atoms with Gasteiger partial charge in [-0.05, 0) is 55.2 Å². The van der Waals surface area contributed by atoms with Gasteiger partial charge >= 0.3 is 5.97 Å². The Morgan fingerprint density at radius 1 is 1.20 bits per heavy atom. The van der Waals surface area contributed by atoms with Crippen LogP contribution in [0.1, 0.15) is 86.1 Å². The quantitative estimate of drug-likeness (QED) is 0.761. The van der Waals surface area contributed by atoms with Crippen molar-refractivity contribution in [1.29, 1.82) is 0 Å². The Balaban J connectivity index is 1.79. The maximum atomic E-state index is 12.4. The summed E-state index contributed by atoms with van der Waals surface area (Å²) in [5.74, 6) is 0.719. The van der Waals surface area contributed by atoms with Crippen molar-refractivity contribution in [1.82, 2.24) is 9.78 Å². The van der Waals surface area contributed by atoms with Crippen molar-refractivity contribution >= 4 is 5.97 Å². The maximum Gasteiger partial charge on any atom is 0.359 e. The minimum atomic E-state index is -0.281. The summed E-state index contributed by atoms with van der Waals surface area (Å²) in [6.45, 7) is 8.86. The van der Waals surface area contributed by atoms with Crippen molar-refractivity contribution in [2.45, 2.75) is 64.2 Å². The van der Waals surface area contributed by atoms with Crippen molar-refractivity contribution in [2.24, 2.45) is 0 Å². The molecular formula is C21H26N2O2. The van der Waals surface area contributed by atoms with E-state index in [1.54, 1.807) is 0 Å². The van der Waals surface area contributed by atoms with E-state index < -0.39 is 0 Å². The molecule has 4 nitrogen and oxygen atoms in total. The Morgan fingerprint density at radius 3 is 2.52 bits per heavy atom. The molecule has 2 unspecified atom stereocenters. The fraction of sp³-hybridized carbons (Fsp3) is 0.524. The van der Waals surface area contributed by atoms with Gasteiger partial charge in [-0.25, -0.2) is 9.48 Å². The van der Waals surface area contributed by atoms with Crippen LogP contribution in [0.15, 0.2) is 24.3 Å². The number of carbonyl (C=O) groups excluding carboxylic acids is 1. The number of carbonyl (C=O) groups is 1. The lowest BCUT2D eigenvalue weighted by Crippen LogP contribution is -2.12. The molecule has 1 aromatic heterocycles. The molecular weight excluding hydrogens is 312 g/mol. The van der Waals surface area contributed by atoms with Gasteiger partial charge in [-0.3, -0.25) is 0 Å². The predicted octanol–water partition coefficient (Wildman–Crippen LogP) is 4.71. The monoisotopic (exact) mass is 338 g/mol. The summed E-state index contributed by atoms with van der Waals surface area (Å²) in [7, 11) is 0. The zero-order valence-electron chi connectivity index (χ0n) is 15.5. The van der Waals surface area contributed by atoms with Crippen LogP contribution in [0.2, 0.25) is 0 Å². The first-order chi connectivity index (χ1) is 11.9. The maximum absolute atomic E-state index is 12.4. The second-order valence-corrected chi connectivity index (χ2v) is 8.28. The highest BCUT2D eigenvalue weighted by atomic mass is 16.5. The molecule has 2 aliphatic carbocycles. The van der Waals surface area contributed by atoms with Crippen LogP contribution in [0, 0.1) is 0 Å². The van der Waals surface area contributed by atoms with Crippen LogP contribution in [-0.2, 0) is 10.2 Å². The molecule has 0 radical (unpaired) electrons. The molecule has 0 amide bonds. The van der Waals surface area contributed by atoms with E-state index in [1.807, 2.05) is 11.6 Å². The molecule has 0 saturated heterocycles. The van der Waals surface area contributed by atoms with Gasteiger partial charge in [0, 0.05) is 11.5 Å². The topological polar surface area (TPSA) is 44.1 Å². The van der Waals surface area contributed by atoms with Crippen LogP contribution in [0.4, 0.5) is 0 Å². The summed E-state index contributed by atoms with van der Waals surface area (Å²) in [5, 5.41) is 4.70. The molecule has 2 atom stereocenters. The molecule has 0 aliphatic heterocycles. The number of hydrogen-bond donors (Lipinski definition) is 0. The van der Waals surface area contributed by atoms with Crippen LogP contribution >= 0.6 is 0 Å². The molecule has 4 heteroatoms. The highest BCUT2D eigenvalue weighted by Gasteiger charge is 2.44. The van der Waals surface area contributed by atoms with Gasteiger partial charge in [0.25, 0.3) is 0 Å². The molecule has 1 heterocycles. The SMILES string of the molecule is CCOC(=O)c1nn(-c2ccc(C(C)(C)C)cc2)c2c1C1CCC2C1. The van der Waals surface area contributed by atoms with Gasteiger partial charge in [0.15, 0.2) is 5.69 Å². The van der Waals surface area contributed by atoms with Crippen LogP contribution in [0.3, 0.4) is 0 Å². The van der Waals surface area contributed by atoms with Crippen molar-refractivity contribution < 1.29 is 9.53 Å². The first-order valence-electron chi connectivity index (χ1n) is 9.31. The van der Waals surface area contributed by atoms with E-state index in [0.717, 1.165) is 17.7 Å². The van der Waals surface area contributed by atoms with Gasteiger partial charge in [-0.15, -0.1) is 0 Å². The second kappa shape index (κ2) is 5.72. The Bertz CT molecular complexity index is 812. The average molecular weight is 338 g/mol. The van der Waals surface area contributed by atoms with E-state index in [9.17, 15) is 4.79 Å². The zero-order chi connectivity index (χ0) is 17.8. The highest BCUT2D eigenvalue weighted by molar-refractivity contribution is 5.90. The third-order valence-electron chi connectivity index (χ3n) is 5.63. The number of hydrogen-bond acceptors (Lipinski definition) is 3. The van der Waals surface area contributed by atoms with Gasteiger partial charge in [0.1, 0.15) is 0 Å². The molecule has 2 aromatic rings. The molecule has 25 heavy (non-hydrogen) atoms. The third kappa shape index (κ3) is 2.59. The number of rotatable bonds is 3. The Kier molecular flexibility index (Phi) is 3.75. The molecule has 2 bridgehead atoms. The molecule has 0 spiro atoms. The summed E-state index contributed by atoms with van der Waals surface area (Å²) in [5.41, 5.74) is 5.38. The lowest BCUT2D eigenvalue weighted by Gasteiger charge is -2.20. The van der Waals surface area contributed by atoms with E-state index in [4.69, 9.17) is 9.84 Å². The smallest absolute Gasteiger partial charge is 0.359 e. The molecule has 4 rings (SSSR count). The van der Waals surface area contributed by atoms with Gasteiger partial charge in [0.2, 0.25) is 0 Å². The van der Waals surface area contributed by atoms with E-state index in [0.29, 0.717) is 24.1 Å². The van der Waals surface area contributed by atoms with Gasteiger partial charge < -0.3 is 4.74 Å². The van der Waals surface area contributed by atoms with E-state index in [2.05, 4.69) is 45.0 Å². The fourth-order valence-electron chi connectivity index (χ4n) is 4.38. The average Bonchev–Trinajstić information content (AvgIpc) is 3.26. The molecule has 1 saturated carbocycles. The largest absolute Gasteiger partial charge is 0.461 e. The molecule has 0 N–H and O–H groups in total. The minimum absolute atomic E-state index is 0.125. The van der Waals surface area contributed by atoms with Crippen molar-refractivity contribution in [3.63, 3.8) is 0 Å². The first-order valence-corrected chi connectivity index (χ1v) is 9.31. The molecule has 132 valence electrons. The highest BCUT2D eigenvalue weighted by Crippen LogP contribution is 2.54. The Labute approximate surface area is 149 Å². The van der Waals surface area contributed by atoms with Crippen LogP contribution in [-0.4, -0.2) is 22.4 Å². The zero-order valence-corrected chi connectivity index (χ0v) is 15.5. The van der Waals surface area contributed by atoms with Crippen LogP contribution < -0.4 is 0 Å². The van der Waals surface area contributed by atoms with Crippen LogP contribution in [0.25, 0.3) is 5.69 Å². The standard InChI is InChI=1S/C21H26N2O2/c1-5-25-20(24)18-17-13-6-7-14(12-13)19(17)23(22-18)16-10-8-15(9-11-16)21(2,3)4/h8-11,13-14H,5-7,12H2,1-4H3. The predicted molar refractivity (Wildman–Crippen MR) is 97.6 cm³/mol. The molecule has 1 aromatic carbocycles. The van der Waals surface area contributed by atoms with Crippen molar-refractivity contribution in [3.8, 4) is 5.69 Å². The second-order valence-electron chi connectivity index (χ2n) is 8.28. The lowest BCUT2D eigenvalue weighted by molar-refractivity contribution is 0.0517. The van der Waals surface area contributed by atoms with Crippen molar-refractivity contribution in [3.05, 3.63) is 46.8 Å². The number of aromatic nitrogens is 2. The summed E-state index contributed by atoms with van der Waals surface area (Å²) in [6, 6.07) is 8.57. The summed E-state index contributed by atoms with van der Waals surface area (Å²) >= 11 is 0. The lowest BCUT2D eigenvalue weighted by atomic mass is 9.87. The number of nitrogens with zero attached hydrogens (tertiary/aromatic N) is 2. The summed E-state index contributed by atoms with van der Waals surface area (Å²) < 4.78 is 7.26. The Morgan fingerprint density at radius 2 is 1.88 bits per heavy atom. The van der Waals surface area contributed by atoms with Crippen molar-refractivity contribution in [2.75, 3.05) is 6.61 Å². The summed E-state index contributed by atoms with van der Waals surface area (Å²) in [6.07, 6.45) is 3.52. The number of ether oxygens (including phenoxy) is 1. The number of fused-ring (bicyclic) bond motifs is 5. The third-order valence-corrected chi connectivity index (χ3v) is 5.63. The normalized spacial score (nSPS) is 21.4. The minimum Gasteiger partial charge on any atom is -0.461 e. The fourth-order valence-corrected chi connectivity index (χ4v) is 4.38. The van der Waals surface area contributed by atoms with E-state index >= 15 is 0 Å².